The zero-order chi connectivity index (χ0) is 27.4. The first-order valence-corrected chi connectivity index (χ1v) is 12.8. The van der Waals surface area contributed by atoms with Crippen molar-refractivity contribution >= 4 is 17.6 Å². The van der Waals surface area contributed by atoms with Crippen LogP contribution in [0.1, 0.15) is 70.2 Å². The lowest BCUT2D eigenvalue weighted by Crippen LogP contribution is -2.28. The Bertz CT molecular complexity index is 1340. The molecule has 1 aromatic carbocycles. The van der Waals surface area contributed by atoms with Gasteiger partial charge in [0, 0.05) is 31.0 Å². The molecule has 1 atom stereocenters. The number of hydrogen-bond acceptors (Lipinski definition) is 9. The Balaban J connectivity index is 1.54. The highest BCUT2D eigenvalue weighted by atomic mass is 16.5. The van der Waals surface area contributed by atoms with Crippen LogP contribution in [0.15, 0.2) is 35.0 Å². The number of fused-ring (bicyclic) bond motifs is 1. The molecule has 1 aliphatic rings. The monoisotopic (exact) mass is 518 g/mol. The molecule has 0 fully saturated rings. The summed E-state index contributed by atoms with van der Waals surface area (Å²) in [6.07, 6.45) is 3.25. The van der Waals surface area contributed by atoms with Gasteiger partial charge in [0.05, 0.1) is 18.1 Å². The largest absolute Gasteiger partial charge is 0.481 e. The minimum atomic E-state index is -0.810. The summed E-state index contributed by atoms with van der Waals surface area (Å²) in [6.45, 7) is 11.4. The molecule has 38 heavy (non-hydrogen) atoms. The maximum Gasteiger partial charge on any atom is 0.304 e. The number of carboxylic acids is 1. The Morgan fingerprint density at radius 3 is 2.79 bits per heavy atom. The highest BCUT2D eigenvalue weighted by molar-refractivity contribution is 5.68. The average molecular weight is 519 g/mol. The van der Waals surface area contributed by atoms with E-state index in [1.54, 1.807) is 12.3 Å². The van der Waals surface area contributed by atoms with Crippen molar-refractivity contribution in [2.45, 2.75) is 66.0 Å². The molecule has 3 aromatic rings. The lowest BCUT2D eigenvalue weighted by Gasteiger charge is -2.28. The number of aliphatic carboxylic acids is 1. The molecular formula is C28H34N6O4. The first-order valence-electron chi connectivity index (χ1n) is 12.8. The molecule has 4 rings (SSSR count). The molecule has 0 amide bonds. The van der Waals surface area contributed by atoms with Gasteiger partial charge in [0.15, 0.2) is 0 Å². The summed E-state index contributed by atoms with van der Waals surface area (Å²) in [5, 5.41) is 26.2. The van der Waals surface area contributed by atoms with Crippen LogP contribution in [-0.2, 0) is 11.2 Å². The number of anilines is 2. The maximum atomic E-state index is 11.0. The number of nitriles is 1. The van der Waals surface area contributed by atoms with E-state index in [9.17, 15) is 10.1 Å². The molecular weight excluding hydrogens is 484 g/mol. The lowest BCUT2D eigenvalue weighted by molar-refractivity contribution is -0.136. The van der Waals surface area contributed by atoms with E-state index in [4.69, 9.17) is 14.4 Å². The van der Waals surface area contributed by atoms with Crippen LogP contribution in [0, 0.1) is 16.7 Å². The van der Waals surface area contributed by atoms with Crippen molar-refractivity contribution in [3.63, 3.8) is 0 Å². The van der Waals surface area contributed by atoms with Gasteiger partial charge in [0.2, 0.25) is 5.88 Å². The van der Waals surface area contributed by atoms with E-state index in [0.29, 0.717) is 30.2 Å². The van der Waals surface area contributed by atoms with Crippen molar-refractivity contribution in [3.05, 3.63) is 47.2 Å². The Morgan fingerprint density at radius 1 is 1.32 bits per heavy atom. The molecule has 200 valence electrons. The predicted octanol–water partition coefficient (Wildman–Crippen LogP) is 5.03. The molecule has 0 unspecified atom stereocenters. The van der Waals surface area contributed by atoms with Gasteiger partial charge in [-0.15, -0.1) is 0 Å². The van der Waals surface area contributed by atoms with Gasteiger partial charge in [-0.3, -0.25) is 4.79 Å². The van der Waals surface area contributed by atoms with E-state index in [2.05, 4.69) is 65.5 Å². The highest BCUT2D eigenvalue weighted by Crippen LogP contribution is 2.37. The molecule has 0 radical (unpaired) electrons. The van der Waals surface area contributed by atoms with Gasteiger partial charge in [0.25, 0.3) is 11.8 Å². The first kappa shape index (κ1) is 27.1. The molecule has 1 aliphatic heterocycles. The summed E-state index contributed by atoms with van der Waals surface area (Å²) in [6, 6.07) is 10.1. The predicted molar refractivity (Wildman–Crippen MR) is 142 cm³/mol. The Morgan fingerprint density at radius 2 is 2.11 bits per heavy atom. The number of rotatable bonds is 10. The second-order valence-corrected chi connectivity index (χ2v) is 11.0. The van der Waals surface area contributed by atoms with Crippen molar-refractivity contribution in [2.75, 3.05) is 18.0 Å². The highest BCUT2D eigenvalue weighted by Gasteiger charge is 2.27. The van der Waals surface area contributed by atoms with E-state index >= 15 is 0 Å². The quantitative estimate of drug-likeness (QED) is 0.376. The fourth-order valence-electron chi connectivity index (χ4n) is 4.53. The van der Waals surface area contributed by atoms with Gasteiger partial charge in [0.1, 0.15) is 11.6 Å². The van der Waals surface area contributed by atoms with Crippen LogP contribution in [0.5, 0.6) is 5.88 Å². The van der Waals surface area contributed by atoms with E-state index < -0.39 is 5.97 Å². The standard InChI is InChI=1S/C28H34N6O4/c1-17(2)37-25-20(15-29)13-21(16-31-25)26-32-27(33-38-26)34-11-9-19-12-18(6-7-23(19)34)22(14-28(3,4)5)30-10-8-24(35)36/h6-7,12-13,16-17,22,30H,8-11,14H2,1-5H3,(H,35,36)/t22-/m1/s1. The zero-order valence-electron chi connectivity index (χ0n) is 22.5. The molecule has 0 spiro atoms. The fourth-order valence-corrected chi connectivity index (χ4v) is 4.53. The minimum absolute atomic E-state index is 0.0509. The van der Waals surface area contributed by atoms with Crippen molar-refractivity contribution in [1.29, 1.82) is 5.26 Å². The Hall–Kier alpha value is -3.97. The molecule has 0 bridgehead atoms. The number of carboxylic acid groups (broad SMARTS) is 1. The van der Waals surface area contributed by atoms with E-state index in [0.717, 1.165) is 24.1 Å². The van der Waals surface area contributed by atoms with Crippen LogP contribution < -0.4 is 15.0 Å². The molecule has 3 heterocycles. The number of carbonyl (C=O) groups is 1. The third-order valence-electron chi connectivity index (χ3n) is 6.17. The number of aromatic nitrogens is 3. The van der Waals surface area contributed by atoms with E-state index in [1.807, 2.05) is 18.7 Å². The Kier molecular flexibility index (Phi) is 7.97. The molecule has 0 saturated carbocycles. The average Bonchev–Trinajstić information content (AvgIpc) is 3.49. The SMILES string of the molecule is CC(C)Oc1ncc(-c2nc(N3CCc4cc([C@@H](CC(C)(C)C)NCCC(=O)O)ccc43)no2)cc1C#N. The topological polar surface area (TPSA) is 137 Å². The number of nitrogens with one attached hydrogen (secondary N) is 1. The summed E-state index contributed by atoms with van der Waals surface area (Å²) >= 11 is 0. The number of hydrogen-bond donors (Lipinski definition) is 2. The van der Waals surface area contributed by atoms with Crippen LogP contribution >= 0.6 is 0 Å². The van der Waals surface area contributed by atoms with Crippen LogP contribution in [0.25, 0.3) is 11.5 Å². The van der Waals surface area contributed by atoms with Gasteiger partial charge < -0.3 is 24.6 Å². The summed E-state index contributed by atoms with van der Waals surface area (Å²) < 4.78 is 11.1. The smallest absolute Gasteiger partial charge is 0.304 e. The van der Waals surface area contributed by atoms with Crippen LogP contribution in [0.3, 0.4) is 0 Å². The van der Waals surface area contributed by atoms with E-state index in [1.165, 1.54) is 5.56 Å². The van der Waals surface area contributed by atoms with Gasteiger partial charge >= 0.3 is 5.97 Å². The van der Waals surface area contributed by atoms with Gasteiger partial charge in [-0.2, -0.15) is 10.2 Å². The van der Waals surface area contributed by atoms with Crippen molar-refractivity contribution in [1.82, 2.24) is 20.4 Å². The number of pyridine rings is 1. The van der Waals surface area contributed by atoms with Crippen molar-refractivity contribution < 1.29 is 19.2 Å². The number of benzene rings is 1. The second-order valence-electron chi connectivity index (χ2n) is 11.0. The zero-order valence-corrected chi connectivity index (χ0v) is 22.5. The van der Waals surface area contributed by atoms with Crippen molar-refractivity contribution in [3.8, 4) is 23.4 Å². The molecule has 0 saturated heterocycles. The van der Waals surface area contributed by atoms with Gasteiger partial charge in [-0.1, -0.05) is 32.9 Å². The van der Waals surface area contributed by atoms with Crippen molar-refractivity contribution in [2.24, 2.45) is 5.41 Å². The van der Waals surface area contributed by atoms with E-state index in [-0.39, 0.29) is 35.8 Å². The van der Waals surface area contributed by atoms with Crippen LogP contribution in [0.4, 0.5) is 11.6 Å². The Labute approximate surface area is 222 Å². The van der Waals surface area contributed by atoms with Crippen LogP contribution in [0.2, 0.25) is 0 Å². The normalized spacial score (nSPS) is 13.9. The molecule has 10 nitrogen and oxygen atoms in total. The first-order chi connectivity index (χ1) is 18.0. The molecule has 2 N–H and O–H groups in total. The summed E-state index contributed by atoms with van der Waals surface area (Å²) in [4.78, 5) is 21.9. The minimum Gasteiger partial charge on any atom is -0.481 e. The summed E-state index contributed by atoms with van der Waals surface area (Å²) in [5.41, 5.74) is 4.25. The summed E-state index contributed by atoms with van der Waals surface area (Å²) in [5.74, 6) is 0.185. The summed E-state index contributed by atoms with van der Waals surface area (Å²) in [7, 11) is 0. The second kappa shape index (κ2) is 11.2. The maximum absolute atomic E-state index is 11.0. The van der Waals surface area contributed by atoms with Crippen LogP contribution in [-0.4, -0.2) is 45.4 Å². The number of ether oxygens (including phenoxy) is 1. The lowest BCUT2D eigenvalue weighted by atomic mass is 9.85. The molecule has 2 aromatic heterocycles. The van der Waals surface area contributed by atoms with Gasteiger partial charge in [-0.05, 0) is 60.5 Å². The molecule has 10 heteroatoms. The molecule has 0 aliphatic carbocycles. The third kappa shape index (κ3) is 6.47. The number of nitrogens with zero attached hydrogens (tertiary/aromatic N) is 5. The van der Waals surface area contributed by atoms with Gasteiger partial charge in [-0.25, -0.2) is 4.98 Å². The fraction of sp³-hybridized carbons (Fsp3) is 0.464. The third-order valence-corrected chi connectivity index (χ3v) is 6.17.